The van der Waals surface area contributed by atoms with E-state index in [2.05, 4.69) is 50.7 Å². The smallest absolute Gasteiger partial charge is 0.251 e. The average Bonchev–Trinajstić information content (AvgIpc) is 3.12. The molecule has 0 atom stereocenters. The first kappa shape index (κ1) is 20.4. The Bertz CT molecular complexity index is 1210. The van der Waals surface area contributed by atoms with E-state index >= 15 is 0 Å². The van der Waals surface area contributed by atoms with Gasteiger partial charge in [-0.3, -0.25) is 4.79 Å². The van der Waals surface area contributed by atoms with Gasteiger partial charge in [-0.2, -0.15) is 9.61 Å². The highest BCUT2D eigenvalue weighted by Crippen LogP contribution is 2.27. The lowest BCUT2D eigenvalue weighted by Crippen LogP contribution is -2.29. The van der Waals surface area contributed by atoms with E-state index in [0.717, 1.165) is 32.8 Å². The minimum atomic E-state index is -0.143. The molecule has 6 nitrogen and oxygen atoms in total. The van der Waals surface area contributed by atoms with Crippen molar-refractivity contribution in [2.24, 2.45) is 0 Å². The first-order valence-electron chi connectivity index (χ1n) is 9.41. The van der Waals surface area contributed by atoms with Crippen LogP contribution in [0.1, 0.15) is 15.9 Å². The Kier molecular flexibility index (Phi) is 6.01. The molecule has 152 valence electrons. The van der Waals surface area contributed by atoms with Crippen LogP contribution in [0.4, 0.5) is 5.82 Å². The van der Waals surface area contributed by atoms with Gasteiger partial charge >= 0.3 is 0 Å². The lowest BCUT2D eigenvalue weighted by Gasteiger charge is -2.12. The van der Waals surface area contributed by atoms with Crippen LogP contribution in [-0.2, 0) is 0 Å². The third kappa shape index (κ3) is 4.32. The zero-order valence-corrected chi connectivity index (χ0v) is 18.5. The molecule has 4 aromatic rings. The summed E-state index contributed by atoms with van der Waals surface area (Å²) in [7, 11) is 0. The maximum absolute atomic E-state index is 12.2. The van der Waals surface area contributed by atoms with Crippen LogP contribution in [0.15, 0.2) is 65.3 Å². The first-order valence-corrected chi connectivity index (χ1v) is 10.6. The molecule has 1 amide bonds. The van der Waals surface area contributed by atoms with Crippen molar-refractivity contribution in [3.8, 4) is 11.3 Å². The van der Waals surface area contributed by atoms with Gasteiger partial charge in [0.2, 0.25) is 0 Å². The summed E-state index contributed by atoms with van der Waals surface area (Å²) in [5.41, 5.74) is 4.36. The van der Waals surface area contributed by atoms with Crippen molar-refractivity contribution >= 4 is 44.9 Å². The number of aryl methyl sites for hydroxylation is 1. The molecule has 0 spiro atoms. The van der Waals surface area contributed by atoms with Gasteiger partial charge in [0.05, 0.1) is 16.4 Å². The van der Waals surface area contributed by atoms with Gasteiger partial charge in [-0.05, 0) is 52.7 Å². The molecule has 0 unspecified atom stereocenters. The third-order valence-electron chi connectivity index (χ3n) is 4.67. The quantitative estimate of drug-likeness (QED) is 0.379. The van der Waals surface area contributed by atoms with Crippen molar-refractivity contribution in [1.29, 1.82) is 0 Å². The standard InChI is InChI=1S/C22H19BrClN5O/c1-14-4-2-3-5-17(14)19-12-20(29-21(28-19)18(23)13-27-29)25-10-11-26-22(30)15-6-8-16(24)9-7-15/h2-9,12-13,25H,10-11H2,1H3,(H,26,30). The number of hydrogen-bond donors (Lipinski definition) is 2. The number of aromatic nitrogens is 3. The molecule has 30 heavy (non-hydrogen) atoms. The largest absolute Gasteiger partial charge is 0.368 e. The Morgan fingerprint density at radius 3 is 2.67 bits per heavy atom. The van der Waals surface area contributed by atoms with E-state index < -0.39 is 0 Å². The lowest BCUT2D eigenvalue weighted by molar-refractivity contribution is 0.0955. The van der Waals surface area contributed by atoms with E-state index in [-0.39, 0.29) is 5.91 Å². The number of halogens is 2. The molecular weight excluding hydrogens is 466 g/mol. The Hall–Kier alpha value is -2.90. The minimum absolute atomic E-state index is 0.143. The molecule has 0 radical (unpaired) electrons. The number of carbonyl (C=O) groups excluding carboxylic acids is 1. The number of amides is 1. The molecule has 0 aliphatic rings. The van der Waals surface area contributed by atoms with Crippen LogP contribution in [0.3, 0.4) is 0 Å². The minimum Gasteiger partial charge on any atom is -0.368 e. The number of nitrogens with one attached hydrogen (secondary N) is 2. The molecule has 8 heteroatoms. The first-order chi connectivity index (χ1) is 14.5. The van der Waals surface area contributed by atoms with Crippen molar-refractivity contribution in [2.45, 2.75) is 6.92 Å². The second-order valence-electron chi connectivity index (χ2n) is 6.76. The van der Waals surface area contributed by atoms with Gasteiger partial charge in [0, 0.05) is 35.3 Å². The van der Waals surface area contributed by atoms with Crippen molar-refractivity contribution in [3.63, 3.8) is 0 Å². The van der Waals surface area contributed by atoms with Crippen LogP contribution in [0.5, 0.6) is 0 Å². The number of anilines is 1. The van der Waals surface area contributed by atoms with Gasteiger partial charge in [-0.1, -0.05) is 35.9 Å². The van der Waals surface area contributed by atoms with E-state index in [4.69, 9.17) is 16.6 Å². The van der Waals surface area contributed by atoms with E-state index in [1.807, 2.05) is 18.2 Å². The predicted octanol–water partition coefficient (Wildman–Crippen LogP) is 4.96. The maximum atomic E-state index is 12.2. The summed E-state index contributed by atoms with van der Waals surface area (Å²) < 4.78 is 2.56. The molecule has 0 saturated carbocycles. The fraction of sp³-hybridized carbons (Fsp3) is 0.136. The Morgan fingerprint density at radius 1 is 1.13 bits per heavy atom. The summed E-state index contributed by atoms with van der Waals surface area (Å²) >= 11 is 9.39. The molecule has 0 aliphatic carbocycles. The number of hydrogen-bond acceptors (Lipinski definition) is 4. The van der Waals surface area contributed by atoms with E-state index in [0.29, 0.717) is 23.7 Å². The van der Waals surface area contributed by atoms with Gasteiger partial charge in [0.25, 0.3) is 5.91 Å². The summed E-state index contributed by atoms with van der Waals surface area (Å²) in [6.07, 6.45) is 1.72. The predicted molar refractivity (Wildman–Crippen MR) is 123 cm³/mol. The van der Waals surface area contributed by atoms with Gasteiger partial charge in [0.1, 0.15) is 5.82 Å². The summed E-state index contributed by atoms with van der Waals surface area (Å²) in [5.74, 6) is 0.653. The normalized spacial score (nSPS) is 10.9. The van der Waals surface area contributed by atoms with E-state index in [1.54, 1.807) is 35.0 Å². The lowest BCUT2D eigenvalue weighted by atomic mass is 10.1. The fourth-order valence-electron chi connectivity index (χ4n) is 3.13. The second kappa shape index (κ2) is 8.85. The molecule has 0 aliphatic heterocycles. The zero-order valence-electron chi connectivity index (χ0n) is 16.2. The molecule has 2 aromatic carbocycles. The molecule has 0 saturated heterocycles. The van der Waals surface area contributed by atoms with Crippen LogP contribution in [0, 0.1) is 6.92 Å². The number of rotatable bonds is 6. The molecule has 0 fully saturated rings. The monoisotopic (exact) mass is 483 g/mol. The van der Waals surface area contributed by atoms with Crippen molar-refractivity contribution in [2.75, 3.05) is 18.4 Å². The van der Waals surface area contributed by atoms with E-state index in [1.165, 1.54) is 0 Å². The van der Waals surface area contributed by atoms with Crippen molar-refractivity contribution in [1.82, 2.24) is 19.9 Å². The second-order valence-corrected chi connectivity index (χ2v) is 8.05. The summed E-state index contributed by atoms with van der Waals surface area (Å²) in [5, 5.41) is 11.2. The third-order valence-corrected chi connectivity index (χ3v) is 5.48. The van der Waals surface area contributed by atoms with Gasteiger partial charge < -0.3 is 10.6 Å². The SMILES string of the molecule is Cc1ccccc1-c1cc(NCCNC(=O)c2ccc(Cl)cc2)n2ncc(Br)c2n1. The van der Waals surface area contributed by atoms with Crippen LogP contribution in [0.25, 0.3) is 16.9 Å². The Balaban J connectivity index is 1.50. The van der Waals surface area contributed by atoms with Crippen LogP contribution in [0.2, 0.25) is 5.02 Å². The molecular formula is C22H19BrClN5O. The topological polar surface area (TPSA) is 71.3 Å². The summed E-state index contributed by atoms with van der Waals surface area (Å²) in [6.45, 7) is 3.04. The Labute approximate surface area is 187 Å². The van der Waals surface area contributed by atoms with Crippen molar-refractivity contribution in [3.05, 3.63) is 81.4 Å². The van der Waals surface area contributed by atoms with Crippen LogP contribution < -0.4 is 10.6 Å². The highest BCUT2D eigenvalue weighted by Gasteiger charge is 2.12. The average molecular weight is 485 g/mol. The fourth-order valence-corrected chi connectivity index (χ4v) is 3.60. The number of nitrogens with zero attached hydrogens (tertiary/aromatic N) is 3. The van der Waals surface area contributed by atoms with Crippen LogP contribution in [-0.4, -0.2) is 33.6 Å². The number of carbonyl (C=O) groups is 1. The number of fused-ring (bicyclic) bond motifs is 1. The number of benzene rings is 2. The molecule has 2 aromatic heterocycles. The molecule has 0 bridgehead atoms. The zero-order chi connectivity index (χ0) is 21.1. The van der Waals surface area contributed by atoms with Gasteiger partial charge in [0.15, 0.2) is 5.65 Å². The van der Waals surface area contributed by atoms with E-state index in [9.17, 15) is 4.79 Å². The maximum Gasteiger partial charge on any atom is 0.251 e. The van der Waals surface area contributed by atoms with Gasteiger partial charge in [-0.15, -0.1) is 0 Å². The molecule has 2 N–H and O–H groups in total. The summed E-state index contributed by atoms with van der Waals surface area (Å²) in [4.78, 5) is 17.0. The molecule has 2 heterocycles. The summed E-state index contributed by atoms with van der Waals surface area (Å²) in [6, 6.07) is 16.9. The van der Waals surface area contributed by atoms with Crippen molar-refractivity contribution < 1.29 is 4.79 Å². The van der Waals surface area contributed by atoms with Crippen LogP contribution >= 0.6 is 27.5 Å². The highest BCUT2D eigenvalue weighted by molar-refractivity contribution is 9.10. The Morgan fingerprint density at radius 2 is 1.90 bits per heavy atom. The highest BCUT2D eigenvalue weighted by atomic mass is 79.9. The molecule has 4 rings (SSSR count). The van der Waals surface area contributed by atoms with Gasteiger partial charge in [-0.25, -0.2) is 4.98 Å².